The Labute approximate surface area is 152 Å². The molecule has 0 unspecified atom stereocenters. The van der Waals surface area contributed by atoms with Crippen LogP contribution >= 0.6 is 0 Å². The highest BCUT2D eigenvalue weighted by molar-refractivity contribution is 5.79. The molecule has 0 atom stereocenters. The molecule has 0 saturated heterocycles. The highest BCUT2D eigenvalue weighted by atomic mass is 16.5. The Balaban J connectivity index is 2.46. The Kier molecular flexibility index (Phi) is 5.28. The monoisotopic (exact) mass is 346 g/mol. The van der Waals surface area contributed by atoms with Gasteiger partial charge in [0.2, 0.25) is 0 Å². The van der Waals surface area contributed by atoms with Gasteiger partial charge < -0.3 is 9.84 Å². The molecule has 140 valence electrons. The Morgan fingerprint density at radius 2 is 1.48 bits per heavy atom. The molecule has 1 fully saturated rings. The molecule has 1 saturated carbocycles. The molecular formula is C22H34O3. The molecule has 0 aliphatic heterocycles. The van der Waals surface area contributed by atoms with Crippen LogP contribution in [0.2, 0.25) is 0 Å². The van der Waals surface area contributed by atoms with Crippen LogP contribution in [0.3, 0.4) is 0 Å². The molecule has 0 aromatic heterocycles. The van der Waals surface area contributed by atoms with Crippen molar-refractivity contribution in [2.45, 2.75) is 91.4 Å². The minimum Gasteiger partial charge on any atom is -0.507 e. The third-order valence-electron chi connectivity index (χ3n) is 5.58. The van der Waals surface area contributed by atoms with Crippen molar-refractivity contribution in [2.75, 3.05) is 0 Å². The second-order valence-corrected chi connectivity index (χ2v) is 9.60. The molecule has 1 aliphatic rings. The number of phenols is 1. The zero-order valence-corrected chi connectivity index (χ0v) is 17.0. The second-order valence-electron chi connectivity index (χ2n) is 9.60. The van der Waals surface area contributed by atoms with E-state index in [-0.39, 0.29) is 22.2 Å². The number of hydrogen-bond acceptors (Lipinski definition) is 3. The fourth-order valence-corrected chi connectivity index (χ4v) is 3.78. The van der Waals surface area contributed by atoms with Gasteiger partial charge in [-0.1, -0.05) is 61.3 Å². The molecular weight excluding hydrogens is 312 g/mol. The number of carbonyl (C=O) groups is 1. The van der Waals surface area contributed by atoms with Crippen LogP contribution < -0.4 is 4.74 Å². The number of rotatable bonds is 3. The molecule has 2 rings (SSSR count). The van der Waals surface area contributed by atoms with E-state index >= 15 is 0 Å². The molecule has 0 radical (unpaired) electrons. The Bertz CT molecular complexity index is 603. The molecule has 1 aromatic carbocycles. The summed E-state index contributed by atoms with van der Waals surface area (Å²) >= 11 is 0. The molecule has 0 spiro atoms. The third kappa shape index (κ3) is 4.02. The molecule has 3 heteroatoms. The van der Waals surface area contributed by atoms with Crippen molar-refractivity contribution in [1.29, 1.82) is 0 Å². The number of esters is 1. The highest BCUT2D eigenvalue weighted by Gasteiger charge is 2.41. The minimum absolute atomic E-state index is 0.113. The van der Waals surface area contributed by atoms with Gasteiger partial charge in [0, 0.05) is 11.1 Å². The van der Waals surface area contributed by atoms with Crippen molar-refractivity contribution in [1.82, 2.24) is 0 Å². The zero-order chi connectivity index (χ0) is 19.0. The first-order valence-corrected chi connectivity index (χ1v) is 9.51. The van der Waals surface area contributed by atoms with E-state index in [4.69, 9.17) is 4.74 Å². The standard InChI is InChI=1S/C22H34O3/c1-8-22(11-9-10-12-22)19(24)25-15-13-16(20(2,3)4)18(23)17(14-15)21(5,6)7/h13-14,23H,8-12H2,1-7H3. The van der Waals surface area contributed by atoms with Crippen LogP contribution in [0.4, 0.5) is 0 Å². The quantitative estimate of drug-likeness (QED) is 0.550. The Hall–Kier alpha value is -1.51. The van der Waals surface area contributed by atoms with Crippen LogP contribution in [-0.2, 0) is 15.6 Å². The minimum atomic E-state index is -0.332. The van der Waals surface area contributed by atoms with E-state index in [1.165, 1.54) is 0 Å². The molecule has 0 heterocycles. The summed E-state index contributed by atoms with van der Waals surface area (Å²) in [5.74, 6) is 0.751. The summed E-state index contributed by atoms with van der Waals surface area (Å²) in [6.45, 7) is 14.4. The topological polar surface area (TPSA) is 46.5 Å². The summed E-state index contributed by atoms with van der Waals surface area (Å²) in [7, 11) is 0. The van der Waals surface area contributed by atoms with Gasteiger partial charge in [0.25, 0.3) is 0 Å². The van der Waals surface area contributed by atoms with Crippen molar-refractivity contribution in [3.05, 3.63) is 23.3 Å². The lowest BCUT2D eigenvalue weighted by Gasteiger charge is -2.29. The van der Waals surface area contributed by atoms with Gasteiger partial charge in [-0.05, 0) is 42.2 Å². The number of aromatic hydroxyl groups is 1. The van der Waals surface area contributed by atoms with Crippen LogP contribution in [0, 0.1) is 5.41 Å². The van der Waals surface area contributed by atoms with E-state index in [1.807, 2.05) is 12.1 Å². The second kappa shape index (κ2) is 6.66. The van der Waals surface area contributed by atoms with E-state index in [0.29, 0.717) is 11.5 Å². The van der Waals surface area contributed by atoms with Gasteiger partial charge in [0.05, 0.1) is 5.41 Å². The van der Waals surface area contributed by atoms with Gasteiger partial charge in [-0.15, -0.1) is 0 Å². The summed E-state index contributed by atoms with van der Waals surface area (Å²) in [6, 6.07) is 3.67. The molecule has 25 heavy (non-hydrogen) atoms. The fraction of sp³-hybridized carbons (Fsp3) is 0.682. The molecule has 0 bridgehead atoms. The van der Waals surface area contributed by atoms with Crippen LogP contribution in [0.1, 0.15) is 91.7 Å². The molecule has 1 N–H and O–H groups in total. The number of ether oxygens (including phenoxy) is 1. The average Bonchev–Trinajstić information content (AvgIpc) is 2.96. The maximum Gasteiger partial charge on any atom is 0.317 e. The lowest BCUT2D eigenvalue weighted by molar-refractivity contribution is -0.145. The molecule has 3 nitrogen and oxygen atoms in total. The first-order valence-electron chi connectivity index (χ1n) is 9.51. The number of hydrogen-bond donors (Lipinski definition) is 1. The zero-order valence-electron chi connectivity index (χ0n) is 17.0. The number of phenolic OH excluding ortho intramolecular Hbond substituents is 1. The van der Waals surface area contributed by atoms with Gasteiger partial charge in [0.15, 0.2) is 0 Å². The van der Waals surface area contributed by atoms with Crippen molar-refractivity contribution < 1.29 is 14.6 Å². The SMILES string of the molecule is CCC1(C(=O)Oc2cc(C(C)(C)C)c(O)c(C(C)(C)C)c2)CCCC1. The van der Waals surface area contributed by atoms with Gasteiger partial charge in [-0.3, -0.25) is 4.79 Å². The first kappa shape index (κ1) is 19.8. The predicted octanol–water partition coefficient (Wildman–Crippen LogP) is 5.86. The summed E-state index contributed by atoms with van der Waals surface area (Å²) in [4.78, 5) is 12.9. The Morgan fingerprint density at radius 3 is 1.84 bits per heavy atom. The summed E-state index contributed by atoms with van der Waals surface area (Å²) < 4.78 is 5.87. The van der Waals surface area contributed by atoms with Gasteiger partial charge in [-0.25, -0.2) is 0 Å². The van der Waals surface area contributed by atoms with Gasteiger partial charge in [0.1, 0.15) is 11.5 Å². The van der Waals surface area contributed by atoms with Crippen molar-refractivity contribution in [2.24, 2.45) is 5.41 Å². The van der Waals surface area contributed by atoms with E-state index in [9.17, 15) is 9.90 Å². The van der Waals surface area contributed by atoms with Crippen LogP contribution in [-0.4, -0.2) is 11.1 Å². The van der Waals surface area contributed by atoms with Crippen LogP contribution in [0.15, 0.2) is 12.1 Å². The van der Waals surface area contributed by atoms with E-state index < -0.39 is 0 Å². The summed E-state index contributed by atoms with van der Waals surface area (Å²) in [5.41, 5.74) is 0.839. The smallest absolute Gasteiger partial charge is 0.317 e. The normalized spacial score (nSPS) is 17.6. The molecule has 0 amide bonds. The maximum atomic E-state index is 12.9. The van der Waals surface area contributed by atoms with Gasteiger partial charge >= 0.3 is 5.97 Å². The van der Waals surface area contributed by atoms with Crippen molar-refractivity contribution >= 4 is 5.97 Å². The lowest BCUT2D eigenvalue weighted by atomic mass is 9.79. The van der Waals surface area contributed by atoms with Gasteiger partial charge in [-0.2, -0.15) is 0 Å². The van der Waals surface area contributed by atoms with E-state index in [0.717, 1.165) is 43.2 Å². The summed E-state index contributed by atoms with van der Waals surface area (Å²) in [5, 5.41) is 10.8. The third-order valence-corrected chi connectivity index (χ3v) is 5.58. The largest absolute Gasteiger partial charge is 0.507 e. The maximum absolute atomic E-state index is 12.9. The molecule has 1 aromatic rings. The highest BCUT2D eigenvalue weighted by Crippen LogP contribution is 2.44. The average molecular weight is 347 g/mol. The number of benzene rings is 1. The first-order chi connectivity index (χ1) is 11.4. The lowest BCUT2D eigenvalue weighted by Crippen LogP contribution is -2.31. The van der Waals surface area contributed by atoms with Crippen molar-refractivity contribution in [3.63, 3.8) is 0 Å². The van der Waals surface area contributed by atoms with Crippen LogP contribution in [0.25, 0.3) is 0 Å². The van der Waals surface area contributed by atoms with Crippen molar-refractivity contribution in [3.8, 4) is 11.5 Å². The molecule has 1 aliphatic carbocycles. The van der Waals surface area contributed by atoms with Crippen LogP contribution in [0.5, 0.6) is 11.5 Å². The summed E-state index contributed by atoms with van der Waals surface area (Å²) in [6.07, 6.45) is 4.84. The Morgan fingerprint density at radius 1 is 1.04 bits per heavy atom. The fourth-order valence-electron chi connectivity index (χ4n) is 3.78. The number of carbonyl (C=O) groups excluding carboxylic acids is 1. The van der Waals surface area contributed by atoms with E-state index in [2.05, 4.69) is 48.5 Å². The predicted molar refractivity (Wildman–Crippen MR) is 102 cm³/mol. The van der Waals surface area contributed by atoms with E-state index in [1.54, 1.807) is 0 Å².